The number of amides is 4. The number of carbonyl (C=O) groups excluding carboxylic acids is 6. The largest absolute Gasteiger partial charge is 0.494 e. The molecule has 0 spiro atoms. The zero-order chi connectivity index (χ0) is 51.6. The first-order chi connectivity index (χ1) is 34.1. The lowest BCUT2D eigenvalue weighted by atomic mass is 10.1. The Morgan fingerprint density at radius 2 is 0.986 bits per heavy atom. The van der Waals surface area contributed by atoms with E-state index in [4.69, 9.17) is 67.5 Å². The zero-order valence-corrected chi connectivity index (χ0v) is 42.7. The van der Waals surface area contributed by atoms with Gasteiger partial charge in [-0.05, 0) is 131 Å². The van der Waals surface area contributed by atoms with E-state index in [-0.39, 0.29) is 56.2 Å². The van der Waals surface area contributed by atoms with Crippen LogP contribution in [-0.4, -0.2) is 78.1 Å². The minimum absolute atomic E-state index is 0.0192. The SMILES string of the molecule is CCOc1cccc(NC(=O)c2ccc(Cl)c(N=NC(C(C)=O)C(=O)Nc3ccc(NC(=O)C(N=Nc4cc(C(=O)Nc5cccc(OCC)c5CCCl)ccc4Cl)C(C)=O)c(CCCl)c3)c2)c1CCCl. The Labute approximate surface area is 435 Å². The van der Waals surface area contributed by atoms with Crippen molar-refractivity contribution in [2.75, 3.05) is 52.1 Å². The van der Waals surface area contributed by atoms with Crippen molar-refractivity contribution in [3.8, 4) is 11.5 Å². The summed E-state index contributed by atoms with van der Waals surface area (Å²) in [5.41, 5.74) is 3.75. The molecule has 21 heteroatoms. The van der Waals surface area contributed by atoms with Gasteiger partial charge >= 0.3 is 0 Å². The summed E-state index contributed by atoms with van der Waals surface area (Å²) in [5, 5.41) is 27.4. The van der Waals surface area contributed by atoms with Gasteiger partial charge in [0.2, 0.25) is 12.1 Å². The van der Waals surface area contributed by atoms with E-state index in [0.29, 0.717) is 66.3 Å². The van der Waals surface area contributed by atoms with Crippen LogP contribution >= 0.6 is 58.0 Å². The molecule has 0 aliphatic rings. The van der Waals surface area contributed by atoms with E-state index in [2.05, 4.69) is 41.7 Å². The molecule has 0 aromatic heterocycles. The highest BCUT2D eigenvalue weighted by Gasteiger charge is 2.27. The summed E-state index contributed by atoms with van der Waals surface area (Å²) in [4.78, 5) is 79.4. The number of carbonyl (C=O) groups is 6. The third-order valence-electron chi connectivity index (χ3n) is 10.3. The summed E-state index contributed by atoms with van der Waals surface area (Å²) in [5.74, 6) is -2.10. The molecule has 16 nitrogen and oxygen atoms in total. The first-order valence-corrected chi connectivity index (χ1v) is 24.4. The smallest absolute Gasteiger partial charge is 0.258 e. The summed E-state index contributed by atoms with van der Waals surface area (Å²) in [6.07, 6.45) is 1.08. The summed E-state index contributed by atoms with van der Waals surface area (Å²) in [6.45, 7) is 6.86. The van der Waals surface area contributed by atoms with Gasteiger partial charge in [0, 0.05) is 62.6 Å². The highest BCUT2D eigenvalue weighted by Crippen LogP contribution is 2.33. The van der Waals surface area contributed by atoms with Gasteiger partial charge in [-0.3, -0.25) is 28.8 Å². The number of hydrogen-bond donors (Lipinski definition) is 4. The molecule has 2 unspecified atom stereocenters. The molecule has 0 aliphatic heterocycles. The molecule has 5 rings (SSSR count). The van der Waals surface area contributed by atoms with Crippen LogP contribution in [0.1, 0.15) is 65.1 Å². The lowest BCUT2D eigenvalue weighted by molar-refractivity contribution is -0.127. The number of nitrogens with zero attached hydrogens (tertiary/aromatic N) is 4. The second-order valence-corrected chi connectivity index (χ2v) is 17.2. The van der Waals surface area contributed by atoms with E-state index >= 15 is 0 Å². The van der Waals surface area contributed by atoms with Crippen molar-refractivity contribution in [1.29, 1.82) is 0 Å². The van der Waals surface area contributed by atoms with Crippen molar-refractivity contribution in [3.63, 3.8) is 0 Å². The maximum absolute atomic E-state index is 13.6. The van der Waals surface area contributed by atoms with Crippen LogP contribution in [-0.2, 0) is 38.4 Å². The Bertz CT molecular complexity index is 2850. The number of benzene rings is 5. The standard InChI is InChI=1S/C50H49Cl5N8O8/c1-5-70-43-11-7-9-39(34(43)20-23-52)58-47(66)31-13-16-36(54)41(26-31)60-62-45(28(3)64)49(68)56-33-15-18-38(30(25-33)19-22-51)57-50(69)46(29(4)65)63-61-42-27-32(14-17-37(42)55)48(67)59-40-10-8-12-44(71-6-2)35(40)21-24-53/h7-18,25-27,45-46H,5-6,19-24H2,1-4H3,(H,56,68)(H,57,69)(H,58,66)(H,59,67). The number of ketones is 2. The molecular formula is C50H49Cl5N8O8. The average Bonchev–Trinajstić information content (AvgIpc) is 3.33. The summed E-state index contributed by atoms with van der Waals surface area (Å²) < 4.78 is 11.4. The van der Waals surface area contributed by atoms with Gasteiger partial charge < -0.3 is 30.7 Å². The van der Waals surface area contributed by atoms with E-state index in [1.165, 1.54) is 54.6 Å². The number of alkyl halides is 3. The van der Waals surface area contributed by atoms with Gasteiger partial charge in [-0.1, -0.05) is 35.3 Å². The summed E-state index contributed by atoms with van der Waals surface area (Å²) in [7, 11) is 0. The molecule has 0 saturated heterocycles. The van der Waals surface area contributed by atoms with Crippen molar-refractivity contribution in [1.82, 2.24) is 0 Å². The van der Waals surface area contributed by atoms with Gasteiger partial charge in [-0.15, -0.1) is 34.8 Å². The third kappa shape index (κ3) is 15.3. The van der Waals surface area contributed by atoms with Gasteiger partial charge in [0.25, 0.3) is 23.6 Å². The monoisotopic (exact) mass is 1060 g/mol. The summed E-state index contributed by atoms with van der Waals surface area (Å²) >= 11 is 31.0. The molecule has 4 N–H and O–H groups in total. The Morgan fingerprint density at radius 3 is 1.41 bits per heavy atom. The Balaban J connectivity index is 1.29. The number of anilines is 4. The molecule has 0 fully saturated rings. The van der Waals surface area contributed by atoms with Crippen LogP contribution in [0.3, 0.4) is 0 Å². The number of hydrogen-bond acceptors (Lipinski definition) is 12. The van der Waals surface area contributed by atoms with Crippen molar-refractivity contribution in [3.05, 3.63) is 129 Å². The highest BCUT2D eigenvalue weighted by molar-refractivity contribution is 6.33. The van der Waals surface area contributed by atoms with Crippen LogP contribution in [0.2, 0.25) is 10.0 Å². The topological polar surface area (TPSA) is 218 Å². The van der Waals surface area contributed by atoms with Gasteiger partial charge in [-0.2, -0.15) is 20.5 Å². The van der Waals surface area contributed by atoms with Crippen LogP contribution in [0, 0.1) is 0 Å². The minimum Gasteiger partial charge on any atom is -0.494 e. The Morgan fingerprint density at radius 1 is 0.535 bits per heavy atom. The van der Waals surface area contributed by atoms with Crippen molar-refractivity contribution < 1.29 is 38.2 Å². The molecule has 0 saturated carbocycles. The van der Waals surface area contributed by atoms with E-state index in [9.17, 15) is 28.8 Å². The van der Waals surface area contributed by atoms with Crippen LogP contribution < -0.4 is 30.7 Å². The lowest BCUT2D eigenvalue weighted by Gasteiger charge is -2.16. The number of rotatable bonds is 24. The first-order valence-electron chi connectivity index (χ1n) is 22.1. The second kappa shape index (κ2) is 27.2. The normalized spacial score (nSPS) is 12.0. The number of halogens is 5. The van der Waals surface area contributed by atoms with Gasteiger partial charge in [0.1, 0.15) is 22.9 Å². The molecule has 0 bridgehead atoms. The fraction of sp³-hybridized carbons (Fsp3) is 0.280. The van der Waals surface area contributed by atoms with E-state index in [1.54, 1.807) is 36.4 Å². The predicted octanol–water partition coefficient (Wildman–Crippen LogP) is 12.0. The molecule has 5 aromatic rings. The van der Waals surface area contributed by atoms with Crippen LogP contribution in [0.4, 0.5) is 34.1 Å². The van der Waals surface area contributed by atoms with Crippen LogP contribution in [0.25, 0.3) is 0 Å². The molecule has 372 valence electrons. The minimum atomic E-state index is -1.64. The van der Waals surface area contributed by atoms with E-state index in [0.717, 1.165) is 25.0 Å². The number of nitrogens with one attached hydrogen (secondary N) is 4. The van der Waals surface area contributed by atoms with E-state index in [1.807, 2.05) is 13.8 Å². The Kier molecular flexibility index (Phi) is 21.3. The quantitative estimate of drug-likeness (QED) is 0.0264. The maximum atomic E-state index is 13.6. The van der Waals surface area contributed by atoms with Crippen molar-refractivity contribution in [2.24, 2.45) is 20.5 Å². The maximum Gasteiger partial charge on any atom is 0.258 e. The molecular weight excluding hydrogens is 1020 g/mol. The number of azo groups is 2. The van der Waals surface area contributed by atoms with Crippen molar-refractivity contribution in [2.45, 2.75) is 59.0 Å². The molecule has 5 aromatic carbocycles. The lowest BCUT2D eigenvalue weighted by Crippen LogP contribution is -2.32. The molecule has 0 radical (unpaired) electrons. The number of ether oxygens (including phenoxy) is 2. The molecule has 0 heterocycles. The average molecular weight is 1070 g/mol. The predicted molar refractivity (Wildman–Crippen MR) is 279 cm³/mol. The Hall–Kier alpha value is -6.43. The number of Topliss-reactive ketones (excluding diaryl/α,β-unsaturated/α-hetero) is 2. The molecule has 4 amide bonds. The van der Waals surface area contributed by atoms with Crippen LogP contribution in [0.15, 0.2) is 111 Å². The van der Waals surface area contributed by atoms with Gasteiger partial charge in [0.05, 0.1) is 23.3 Å². The molecule has 0 aliphatic carbocycles. The fourth-order valence-electron chi connectivity index (χ4n) is 6.89. The first kappa shape index (κ1) is 55.5. The zero-order valence-electron chi connectivity index (χ0n) is 38.9. The van der Waals surface area contributed by atoms with Gasteiger partial charge in [-0.25, -0.2) is 0 Å². The van der Waals surface area contributed by atoms with Crippen LogP contribution in [0.5, 0.6) is 11.5 Å². The summed E-state index contributed by atoms with van der Waals surface area (Å²) in [6, 6.07) is 20.3. The van der Waals surface area contributed by atoms with Crippen molar-refractivity contribution >= 4 is 127 Å². The number of aryl methyl sites for hydroxylation is 1. The molecule has 2 atom stereocenters. The van der Waals surface area contributed by atoms with E-state index < -0.39 is 47.3 Å². The third-order valence-corrected chi connectivity index (χ3v) is 11.5. The van der Waals surface area contributed by atoms with Gasteiger partial charge in [0.15, 0.2) is 11.6 Å². The fourth-order valence-corrected chi connectivity index (χ4v) is 7.78. The second-order valence-electron chi connectivity index (χ2n) is 15.3. The molecule has 71 heavy (non-hydrogen) atoms. The highest BCUT2D eigenvalue weighted by atomic mass is 35.5.